The van der Waals surface area contributed by atoms with Crippen LogP contribution in [0.3, 0.4) is 0 Å². The van der Waals surface area contributed by atoms with Crippen molar-refractivity contribution in [3.8, 4) is 0 Å². The third-order valence-electron chi connectivity index (χ3n) is 3.83. The number of hydrogen-bond donors (Lipinski definition) is 2. The Bertz CT molecular complexity index is 611. The second-order valence-corrected chi connectivity index (χ2v) is 5.66. The van der Waals surface area contributed by atoms with Gasteiger partial charge in [0.05, 0.1) is 10.8 Å². The van der Waals surface area contributed by atoms with Crippen LogP contribution in [0.4, 0.5) is 5.69 Å². The van der Waals surface area contributed by atoms with Gasteiger partial charge in [0.15, 0.2) is 0 Å². The lowest BCUT2D eigenvalue weighted by atomic mass is 9.86. The molecular weight excluding hydrogens is 312 g/mol. The largest absolute Gasteiger partial charge is 0.481 e. The smallest absolute Gasteiger partial charge is 0.306 e. The molecule has 7 nitrogen and oxygen atoms in total. The van der Waals surface area contributed by atoms with Crippen LogP contribution in [0.15, 0.2) is 18.2 Å². The molecule has 0 radical (unpaired) electrons. The second kappa shape index (κ2) is 6.74. The van der Waals surface area contributed by atoms with Gasteiger partial charge in [0, 0.05) is 6.04 Å². The number of carbonyl (C=O) groups excluding carboxylic acids is 1. The maximum absolute atomic E-state index is 12.2. The van der Waals surface area contributed by atoms with Gasteiger partial charge < -0.3 is 10.4 Å². The van der Waals surface area contributed by atoms with Crippen molar-refractivity contribution < 1.29 is 19.6 Å². The van der Waals surface area contributed by atoms with Crippen molar-refractivity contribution in [3.63, 3.8) is 0 Å². The Morgan fingerprint density at radius 3 is 2.45 bits per heavy atom. The highest BCUT2D eigenvalue weighted by molar-refractivity contribution is 6.33. The molecule has 0 bridgehead atoms. The molecule has 1 fully saturated rings. The number of nitro groups is 1. The number of halogens is 1. The summed E-state index contributed by atoms with van der Waals surface area (Å²) in [5.41, 5.74) is -0.501. The van der Waals surface area contributed by atoms with Crippen molar-refractivity contribution in [1.82, 2.24) is 5.32 Å². The number of carboxylic acid groups (broad SMARTS) is 1. The number of para-hydroxylation sites is 1. The van der Waals surface area contributed by atoms with Crippen molar-refractivity contribution >= 4 is 29.2 Å². The van der Waals surface area contributed by atoms with Gasteiger partial charge in [-0.3, -0.25) is 19.7 Å². The Morgan fingerprint density at radius 1 is 1.27 bits per heavy atom. The Labute approximate surface area is 131 Å². The molecule has 2 rings (SSSR count). The van der Waals surface area contributed by atoms with Crippen molar-refractivity contribution in [2.75, 3.05) is 0 Å². The molecule has 118 valence electrons. The van der Waals surface area contributed by atoms with Gasteiger partial charge >= 0.3 is 11.7 Å². The van der Waals surface area contributed by atoms with Gasteiger partial charge in [-0.25, -0.2) is 0 Å². The number of nitrogens with one attached hydrogen (secondary N) is 1. The molecule has 1 saturated carbocycles. The highest BCUT2D eigenvalue weighted by Gasteiger charge is 2.29. The number of carboxylic acids is 1. The lowest BCUT2D eigenvalue weighted by Gasteiger charge is -2.26. The number of rotatable bonds is 4. The molecule has 0 atom stereocenters. The number of carbonyl (C=O) groups is 2. The molecule has 0 unspecified atom stereocenters. The third-order valence-corrected chi connectivity index (χ3v) is 4.13. The number of aliphatic carboxylic acids is 1. The minimum atomic E-state index is -0.824. The summed E-state index contributed by atoms with van der Waals surface area (Å²) >= 11 is 5.78. The van der Waals surface area contributed by atoms with Gasteiger partial charge in [0.25, 0.3) is 5.91 Å². The van der Waals surface area contributed by atoms with E-state index in [1.807, 2.05) is 0 Å². The summed E-state index contributed by atoms with van der Waals surface area (Å²) in [7, 11) is 0. The normalized spacial score (nSPS) is 21.1. The van der Waals surface area contributed by atoms with E-state index in [0.717, 1.165) is 0 Å². The predicted molar refractivity (Wildman–Crippen MR) is 79.0 cm³/mol. The van der Waals surface area contributed by atoms with Crippen molar-refractivity contribution in [3.05, 3.63) is 38.9 Å². The SMILES string of the molecule is O=C(NC1CCC(C(=O)O)CC1)c1cccc(Cl)c1[N+](=O)[O-]. The molecule has 1 aliphatic carbocycles. The fourth-order valence-corrected chi connectivity index (χ4v) is 2.88. The lowest BCUT2D eigenvalue weighted by Crippen LogP contribution is -2.38. The molecule has 1 amide bonds. The summed E-state index contributed by atoms with van der Waals surface area (Å²) in [6, 6.07) is 4.00. The summed E-state index contributed by atoms with van der Waals surface area (Å²) in [6.45, 7) is 0. The monoisotopic (exact) mass is 326 g/mol. The van der Waals surface area contributed by atoms with Gasteiger partial charge in [0.2, 0.25) is 0 Å². The first-order valence-electron chi connectivity index (χ1n) is 6.86. The van der Waals surface area contributed by atoms with Gasteiger partial charge in [-0.1, -0.05) is 17.7 Å². The predicted octanol–water partition coefficient (Wildman–Crippen LogP) is 2.62. The van der Waals surface area contributed by atoms with E-state index in [-0.39, 0.29) is 22.5 Å². The third kappa shape index (κ3) is 3.54. The van der Waals surface area contributed by atoms with Crippen LogP contribution in [-0.2, 0) is 4.79 Å². The van der Waals surface area contributed by atoms with Crippen LogP contribution in [0.25, 0.3) is 0 Å². The summed E-state index contributed by atoms with van der Waals surface area (Å²) < 4.78 is 0. The summed E-state index contributed by atoms with van der Waals surface area (Å²) in [6.07, 6.45) is 2.05. The van der Waals surface area contributed by atoms with Crippen LogP contribution >= 0.6 is 11.6 Å². The first kappa shape index (κ1) is 16.2. The van der Waals surface area contributed by atoms with Crippen LogP contribution in [0, 0.1) is 16.0 Å². The molecule has 1 aromatic rings. The highest BCUT2D eigenvalue weighted by atomic mass is 35.5. The number of hydrogen-bond acceptors (Lipinski definition) is 4. The van der Waals surface area contributed by atoms with E-state index >= 15 is 0 Å². The highest BCUT2D eigenvalue weighted by Crippen LogP contribution is 2.29. The van der Waals surface area contributed by atoms with Crippen molar-refractivity contribution in [1.29, 1.82) is 0 Å². The second-order valence-electron chi connectivity index (χ2n) is 5.25. The van der Waals surface area contributed by atoms with E-state index in [2.05, 4.69) is 5.32 Å². The molecule has 0 aromatic heterocycles. The molecule has 0 aliphatic heterocycles. The Balaban J connectivity index is 2.07. The molecule has 1 aromatic carbocycles. The summed E-state index contributed by atoms with van der Waals surface area (Å²) in [5, 5.41) is 22.6. The van der Waals surface area contributed by atoms with Gasteiger partial charge in [0.1, 0.15) is 10.6 Å². The van der Waals surface area contributed by atoms with E-state index in [1.165, 1.54) is 18.2 Å². The fraction of sp³-hybridized carbons (Fsp3) is 0.429. The van der Waals surface area contributed by atoms with E-state index in [9.17, 15) is 19.7 Å². The molecule has 0 spiro atoms. The number of nitro benzene ring substituents is 1. The Morgan fingerprint density at radius 2 is 1.91 bits per heavy atom. The van der Waals surface area contributed by atoms with E-state index < -0.39 is 22.5 Å². The zero-order valence-corrected chi connectivity index (χ0v) is 12.4. The minimum Gasteiger partial charge on any atom is -0.481 e. The summed E-state index contributed by atoms with van der Waals surface area (Å²) in [4.78, 5) is 33.5. The Hall–Kier alpha value is -2.15. The van der Waals surface area contributed by atoms with Gasteiger partial charge in [-0.15, -0.1) is 0 Å². The van der Waals surface area contributed by atoms with Crippen molar-refractivity contribution in [2.24, 2.45) is 5.92 Å². The van der Waals surface area contributed by atoms with E-state index in [0.29, 0.717) is 25.7 Å². The number of amides is 1. The van der Waals surface area contributed by atoms with E-state index in [1.54, 1.807) is 0 Å². The van der Waals surface area contributed by atoms with E-state index in [4.69, 9.17) is 16.7 Å². The fourth-order valence-electron chi connectivity index (χ4n) is 2.63. The first-order valence-corrected chi connectivity index (χ1v) is 7.24. The van der Waals surface area contributed by atoms with Crippen LogP contribution in [0.5, 0.6) is 0 Å². The molecule has 0 saturated heterocycles. The molecule has 8 heteroatoms. The van der Waals surface area contributed by atoms with Crippen LogP contribution in [-0.4, -0.2) is 27.9 Å². The van der Waals surface area contributed by atoms with Gasteiger partial charge in [-0.2, -0.15) is 0 Å². The molecule has 2 N–H and O–H groups in total. The van der Waals surface area contributed by atoms with Crippen LogP contribution in [0.1, 0.15) is 36.0 Å². The molecule has 22 heavy (non-hydrogen) atoms. The number of nitrogens with zero attached hydrogens (tertiary/aromatic N) is 1. The minimum absolute atomic E-state index is 0.0853. The molecule has 1 aliphatic rings. The molecular formula is C14H15ClN2O5. The topological polar surface area (TPSA) is 110 Å². The molecule has 0 heterocycles. The quantitative estimate of drug-likeness (QED) is 0.653. The average molecular weight is 327 g/mol. The summed E-state index contributed by atoms with van der Waals surface area (Å²) in [5.74, 6) is -1.77. The zero-order chi connectivity index (χ0) is 16.3. The van der Waals surface area contributed by atoms with Gasteiger partial charge in [-0.05, 0) is 37.8 Å². The maximum Gasteiger partial charge on any atom is 0.306 e. The zero-order valence-electron chi connectivity index (χ0n) is 11.6. The lowest BCUT2D eigenvalue weighted by molar-refractivity contribution is -0.385. The van der Waals surface area contributed by atoms with Crippen molar-refractivity contribution in [2.45, 2.75) is 31.7 Å². The van der Waals surface area contributed by atoms with Crippen LogP contribution in [0.2, 0.25) is 5.02 Å². The standard InChI is InChI=1S/C14H15ClN2O5/c15-11-3-1-2-10(12(11)17(21)22)13(18)16-9-6-4-8(5-7-9)14(19)20/h1-3,8-9H,4-7H2,(H,16,18)(H,19,20). The average Bonchev–Trinajstić information content (AvgIpc) is 2.47. The first-order chi connectivity index (χ1) is 10.4. The van der Waals surface area contributed by atoms with Crippen LogP contribution < -0.4 is 5.32 Å². The maximum atomic E-state index is 12.2. The Kier molecular flexibility index (Phi) is 4.97. The number of benzene rings is 1.